The molecule has 0 aromatic carbocycles. The average Bonchev–Trinajstić information content (AvgIpc) is 2.72. The molecule has 18 heavy (non-hydrogen) atoms. The fourth-order valence-electron chi connectivity index (χ4n) is 1.32. The molecular formula is C11H20N4O2S. The number of likely N-dealkylation sites (N-methyl/N-ethyl adjacent to an activating group) is 1. The van der Waals surface area contributed by atoms with Crippen molar-refractivity contribution >= 4 is 22.6 Å². The van der Waals surface area contributed by atoms with Gasteiger partial charge in [-0.05, 0) is 14.1 Å². The fourth-order valence-corrected chi connectivity index (χ4v) is 2.15. The van der Waals surface area contributed by atoms with E-state index in [1.54, 1.807) is 4.90 Å². The van der Waals surface area contributed by atoms with Gasteiger partial charge in [0.1, 0.15) is 12.4 Å². The lowest BCUT2D eigenvalue weighted by atomic mass is 10.2. The molecule has 0 radical (unpaired) electrons. The van der Waals surface area contributed by atoms with Crippen LogP contribution in [0.1, 0.15) is 25.6 Å². The Kier molecular flexibility index (Phi) is 5.49. The molecule has 0 atom stereocenters. The molecule has 0 aliphatic heterocycles. The van der Waals surface area contributed by atoms with Crippen molar-refractivity contribution in [1.29, 1.82) is 0 Å². The molecule has 1 heterocycles. The summed E-state index contributed by atoms with van der Waals surface area (Å²) in [5, 5.41) is 9.61. The molecule has 1 aromatic rings. The van der Waals surface area contributed by atoms with E-state index < -0.39 is 5.97 Å². The van der Waals surface area contributed by atoms with Gasteiger partial charge >= 0.3 is 5.97 Å². The fraction of sp³-hybridized carbons (Fsp3) is 0.727. The maximum absolute atomic E-state index is 10.9. The van der Waals surface area contributed by atoms with Crippen molar-refractivity contribution in [2.75, 3.05) is 38.6 Å². The second-order valence-corrected chi connectivity index (χ2v) is 5.44. The largest absolute Gasteiger partial charge is 0.480 e. The first-order valence-corrected chi connectivity index (χ1v) is 6.62. The van der Waals surface area contributed by atoms with Crippen LogP contribution in [0.5, 0.6) is 0 Å². The van der Waals surface area contributed by atoms with Gasteiger partial charge in [0.25, 0.3) is 0 Å². The van der Waals surface area contributed by atoms with Gasteiger partial charge in [-0.25, -0.2) is 4.98 Å². The van der Waals surface area contributed by atoms with Crippen molar-refractivity contribution in [3.63, 3.8) is 0 Å². The van der Waals surface area contributed by atoms with Crippen LogP contribution in [-0.4, -0.2) is 59.1 Å². The highest BCUT2D eigenvalue weighted by Crippen LogP contribution is 2.21. The number of hydrogen-bond donors (Lipinski definition) is 1. The second kappa shape index (κ2) is 6.65. The van der Waals surface area contributed by atoms with E-state index in [4.69, 9.17) is 5.11 Å². The van der Waals surface area contributed by atoms with Gasteiger partial charge < -0.3 is 14.9 Å². The summed E-state index contributed by atoms with van der Waals surface area (Å²) in [6, 6.07) is 0. The third kappa shape index (κ3) is 4.58. The smallest absolute Gasteiger partial charge is 0.323 e. The number of anilines is 1. The number of carboxylic acid groups (broad SMARTS) is 1. The number of hydrogen-bond acceptors (Lipinski definition) is 6. The van der Waals surface area contributed by atoms with Crippen LogP contribution in [0.3, 0.4) is 0 Å². The second-order valence-electron chi connectivity index (χ2n) is 4.71. The van der Waals surface area contributed by atoms with Gasteiger partial charge in [0, 0.05) is 30.5 Å². The van der Waals surface area contributed by atoms with Crippen LogP contribution in [0.25, 0.3) is 0 Å². The first kappa shape index (κ1) is 14.8. The average molecular weight is 272 g/mol. The van der Waals surface area contributed by atoms with Crippen molar-refractivity contribution in [1.82, 2.24) is 14.3 Å². The van der Waals surface area contributed by atoms with Crippen molar-refractivity contribution < 1.29 is 9.90 Å². The van der Waals surface area contributed by atoms with Crippen LogP contribution in [0.4, 0.5) is 5.13 Å². The Bertz CT molecular complexity index is 392. The van der Waals surface area contributed by atoms with Crippen molar-refractivity contribution in [2.24, 2.45) is 0 Å². The van der Waals surface area contributed by atoms with E-state index in [9.17, 15) is 4.79 Å². The van der Waals surface area contributed by atoms with Crippen molar-refractivity contribution in [2.45, 2.75) is 19.8 Å². The zero-order chi connectivity index (χ0) is 13.7. The van der Waals surface area contributed by atoms with Gasteiger partial charge in [-0.3, -0.25) is 4.79 Å². The Morgan fingerprint density at radius 2 is 2.06 bits per heavy atom. The standard InChI is InChI=1S/C11H20N4O2S/c1-8(2)10-12-11(18-13-10)15(7-9(16)17)6-5-14(3)4/h8H,5-7H2,1-4H3,(H,16,17). The van der Waals surface area contributed by atoms with Crippen LogP contribution in [0.15, 0.2) is 0 Å². The minimum Gasteiger partial charge on any atom is -0.480 e. The van der Waals surface area contributed by atoms with Crippen LogP contribution >= 0.6 is 11.5 Å². The van der Waals surface area contributed by atoms with E-state index in [1.165, 1.54) is 11.5 Å². The summed E-state index contributed by atoms with van der Waals surface area (Å²) in [5.74, 6) is 0.181. The highest BCUT2D eigenvalue weighted by molar-refractivity contribution is 7.09. The Hall–Kier alpha value is -1.21. The highest BCUT2D eigenvalue weighted by atomic mass is 32.1. The zero-order valence-corrected chi connectivity index (χ0v) is 12.1. The lowest BCUT2D eigenvalue weighted by Crippen LogP contribution is -2.35. The quantitative estimate of drug-likeness (QED) is 0.802. The predicted octanol–water partition coefficient (Wildman–Crippen LogP) is 1.11. The molecule has 0 spiro atoms. The normalized spacial score (nSPS) is 11.2. The first-order valence-electron chi connectivity index (χ1n) is 5.85. The highest BCUT2D eigenvalue weighted by Gasteiger charge is 2.16. The van der Waals surface area contributed by atoms with Crippen molar-refractivity contribution in [3.8, 4) is 0 Å². The van der Waals surface area contributed by atoms with E-state index in [1.807, 2.05) is 32.8 Å². The summed E-state index contributed by atoms with van der Waals surface area (Å²) < 4.78 is 4.25. The lowest BCUT2D eigenvalue weighted by molar-refractivity contribution is -0.135. The minimum absolute atomic E-state index is 0.0411. The molecule has 0 unspecified atom stereocenters. The topological polar surface area (TPSA) is 69.6 Å². The maximum Gasteiger partial charge on any atom is 0.323 e. The molecule has 0 amide bonds. The number of aromatic nitrogens is 2. The molecule has 1 rings (SSSR count). The molecule has 0 aliphatic carbocycles. The molecule has 1 N–H and O–H groups in total. The third-order valence-corrected chi connectivity index (χ3v) is 3.15. The summed E-state index contributed by atoms with van der Waals surface area (Å²) in [4.78, 5) is 19.0. The molecular weight excluding hydrogens is 252 g/mol. The Balaban J connectivity index is 2.76. The Morgan fingerprint density at radius 1 is 1.39 bits per heavy atom. The number of aliphatic carboxylic acids is 1. The molecule has 0 aliphatic rings. The molecule has 0 fully saturated rings. The summed E-state index contributed by atoms with van der Waals surface area (Å²) in [7, 11) is 3.91. The lowest BCUT2D eigenvalue weighted by Gasteiger charge is -2.21. The summed E-state index contributed by atoms with van der Waals surface area (Å²) in [6.07, 6.45) is 0. The predicted molar refractivity (Wildman–Crippen MR) is 72.4 cm³/mol. The van der Waals surface area contributed by atoms with Crippen LogP contribution in [0, 0.1) is 0 Å². The van der Waals surface area contributed by atoms with Gasteiger partial charge in [-0.15, -0.1) is 0 Å². The van der Waals surface area contributed by atoms with Gasteiger partial charge in [0.05, 0.1) is 0 Å². The SMILES string of the molecule is CC(C)c1nsc(N(CCN(C)C)CC(=O)O)n1. The molecule has 6 nitrogen and oxygen atoms in total. The molecule has 0 saturated carbocycles. The molecule has 0 bridgehead atoms. The molecule has 7 heteroatoms. The van der Waals surface area contributed by atoms with E-state index >= 15 is 0 Å². The summed E-state index contributed by atoms with van der Waals surface area (Å²) >= 11 is 1.26. The van der Waals surface area contributed by atoms with Crippen molar-refractivity contribution in [3.05, 3.63) is 5.82 Å². The molecule has 1 aromatic heterocycles. The van der Waals surface area contributed by atoms with E-state index in [-0.39, 0.29) is 12.5 Å². The monoisotopic (exact) mass is 272 g/mol. The van der Waals surface area contributed by atoms with Crippen LogP contribution in [0.2, 0.25) is 0 Å². The Labute approximate surface area is 111 Å². The number of carbonyl (C=O) groups is 1. The molecule has 102 valence electrons. The van der Waals surface area contributed by atoms with Crippen LogP contribution < -0.4 is 4.90 Å². The van der Waals surface area contributed by atoms with E-state index in [2.05, 4.69) is 9.36 Å². The number of rotatable bonds is 7. The van der Waals surface area contributed by atoms with Gasteiger partial charge in [-0.1, -0.05) is 13.8 Å². The number of carboxylic acids is 1. The van der Waals surface area contributed by atoms with E-state index in [0.29, 0.717) is 11.7 Å². The zero-order valence-electron chi connectivity index (χ0n) is 11.3. The van der Waals surface area contributed by atoms with Crippen LogP contribution in [-0.2, 0) is 4.79 Å². The van der Waals surface area contributed by atoms with E-state index in [0.717, 1.165) is 12.4 Å². The number of nitrogens with zero attached hydrogens (tertiary/aromatic N) is 4. The summed E-state index contributed by atoms with van der Waals surface area (Å²) in [6.45, 7) is 5.41. The molecule has 0 saturated heterocycles. The first-order chi connectivity index (χ1) is 8.40. The van der Waals surface area contributed by atoms with Gasteiger partial charge in [-0.2, -0.15) is 4.37 Å². The maximum atomic E-state index is 10.9. The van der Waals surface area contributed by atoms with Gasteiger partial charge in [0.15, 0.2) is 0 Å². The summed E-state index contributed by atoms with van der Waals surface area (Å²) in [5.41, 5.74) is 0. The minimum atomic E-state index is -0.852. The Morgan fingerprint density at radius 3 is 2.50 bits per heavy atom. The van der Waals surface area contributed by atoms with Gasteiger partial charge in [0.2, 0.25) is 5.13 Å². The third-order valence-electron chi connectivity index (χ3n) is 2.36.